The van der Waals surface area contributed by atoms with Crippen molar-refractivity contribution in [2.24, 2.45) is 0 Å². The molecule has 0 saturated carbocycles. The summed E-state index contributed by atoms with van der Waals surface area (Å²) in [7, 11) is 0. The monoisotopic (exact) mass is 400 g/mol. The van der Waals surface area contributed by atoms with Gasteiger partial charge in [-0.25, -0.2) is 8.78 Å². The fourth-order valence-electron chi connectivity index (χ4n) is 2.26. The number of hydrogen-bond acceptors (Lipinski definition) is 4. The molecule has 4 atom stereocenters. The smallest absolute Gasteiger partial charge is 0.131 e. The van der Waals surface area contributed by atoms with Crippen LogP contribution in [-0.2, 0) is 4.74 Å². The van der Waals surface area contributed by atoms with E-state index in [2.05, 4.69) is 0 Å². The topological polar surface area (TPSA) is 69.9 Å². The van der Waals surface area contributed by atoms with Crippen molar-refractivity contribution >= 4 is 22.6 Å². The van der Waals surface area contributed by atoms with Gasteiger partial charge in [0.15, 0.2) is 0 Å². The number of rotatable bonds is 4. The summed E-state index contributed by atoms with van der Waals surface area (Å²) < 4.78 is 33.1. The number of halogens is 3. The highest BCUT2D eigenvalue weighted by Crippen LogP contribution is 2.36. The molecule has 1 aliphatic heterocycles. The van der Waals surface area contributed by atoms with Gasteiger partial charge in [-0.05, 0) is 6.07 Å². The minimum absolute atomic E-state index is 0.00124. The zero-order chi connectivity index (χ0) is 14.9. The Morgan fingerprint density at radius 1 is 1.35 bits per heavy atom. The molecule has 0 bridgehead atoms. The molecule has 1 aromatic carbocycles. The normalized spacial score (nSPS) is 27.8. The molecule has 1 fully saturated rings. The first-order valence-electron chi connectivity index (χ1n) is 6.15. The molecule has 1 heterocycles. The van der Waals surface area contributed by atoms with Gasteiger partial charge in [0.05, 0.1) is 24.9 Å². The second-order valence-electron chi connectivity index (χ2n) is 4.71. The summed E-state index contributed by atoms with van der Waals surface area (Å²) in [6, 6.07) is 1.94. The Balaban J connectivity index is 2.32. The van der Waals surface area contributed by atoms with Crippen molar-refractivity contribution in [3.8, 4) is 0 Å². The lowest BCUT2D eigenvalue weighted by Crippen LogP contribution is -2.24. The van der Waals surface area contributed by atoms with Crippen molar-refractivity contribution in [1.82, 2.24) is 0 Å². The average molecular weight is 400 g/mol. The Hall–Kier alpha value is -0.350. The highest BCUT2D eigenvalue weighted by molar-refractivity contribution is 14.1. The van der Waals surface area contributed by atoms with Crippen LogP contribution in [0.1, 0.15) is 29.8 Å². The summed E-state index contributed by atoms with van der Waals surface area (Å²) >= 11 is 1.90. The minimum atomic E-state index is -1.03. The number of aliphatic hydroxyl groups excluding tert-OH is 3. The van der Waals surface area contributed by atoms with Crippen molar-refractivity contribution in [3.63, 3.8) is 0 Å². The van der Waals surface area contributed by atoms with Crippen LogP contribution in [0.5, 0.6) is 0 Å². The molecule has 4 nitrogen and oxygen atoms in total. The summed E-state index contributed by atoms with van der Waals surface area (Å²) in [6.45, 7) is -0.371. The first-order chi connectivity index (χ1) is 9.47. The van der Waals surface area contributed by atoms with E-state index < -0.39 is 36.1 Å². The second-order valence-corrected chi connectivity index (χ2v) is 5.59. The van der Waals surface area contributed by atoms with Gasteiger partial charge in [0.25, 0.3) is 0 Å². The molecule has 0 amide bonds. The summed E-state index contributed by atoms with van der Waals surface area (Å²) in [5, 5.41) is 28.4. The van der Waals surface area contributed by atoms with Gasteiger partial charge in [0.1, 0.15) is 17.7 Å². The maximum atomic E-state index is 13.9. The maximum absolute atomic E-state index is 13.9. The van der Waals surface area contributed by atoms with Crippen LogP contribution in [0.2, 0.25) is 0 Å². The Labute approximate surface area is 128 Å². The molecule has 1 saturated heterocycles. The lowest BCUT2D eigenvalue weighted by atomic mass is 9.99. The van der Waals surface area contributed by atoms with Crippen molar-refractivity contribution in [1.29, 1.82) is 0 Å². The molecule has 7 heteroatoms. The van der Waals surface area contributed by atoms with Crippen LogP contribution in [0.25, 0.3) is 0 Å². The van der Waals surface area contributed by atoms with Crippen LogP contribution in [0.15, 0.2) is 12.1 Å². The van der Waals surface area contributed by atoms with Crippen LogP contribution in [0, 0.1) is 11.6 Å². The molecule has 20 heavy (non-hydrogen) atoms. The van der Waals surface area contributed by atoms with Gasteiger partial charge in [0, 0.05) is 28.0 Å². The molecular formula is C13H15F2IO4. The third-order valence-corrected chi connectivity index (χ3v) is 4.21. The van der Waals surface area contributed by atoms with E-state index in [1.54, 1.807) is 0 Å². The lowest BCUT2D eigenvalue weighted by Gasteiger charge is -2.16. The number of alkyl halides is 1. The highest BCUT2D eigenvalue weighted by Gasteiger charge is 2.36. The molecule has 0 aliphatic carbocycles. The molecule has 1 aromatic rings. The van der Waals surface area contributed by atoms with Crippen molar-refractivity contribution in [3.05, 3.63) is 34.9 Å². The highest BCUT2D eigenvalue weighted by atomic mass is 127. The standard InChI is InChI=1S/C13H15F2IO4/c14-8-2-9(15)7(1-6(8)11(19)4-16)12-3-10(18)13(5-17)20-12/h1-2,10-13,17-19H,3-5H2/t10-,11?,12+,13+/m0/s1. The minimum Gasteiger partial charge on any atom is -0.394 e. The Morgan fingerprint density at radius 2 is 2.05 bits per heavy atom. The molecule has 0 radical (unpaired) electrons. The summed E-state index contributed by atoms with van der Waals surface area (Å²) in [6.07, 6.45) is -3.35. The van der Waals surface area contributed by atoms with E-state index >= 15 is 0 Å². The maximum Gasteiger partial charge on any atom is 0.131 e. The SMILES string of the molecule is OC[C@H]1O[C@@H](c2cc(C(O)CI)c(F)cc2F)C[C@@H]1O. The Morgan fingerprint density at radius 3 is 2.60 bits per heavy atom. The van der Waals surface area contributed by atoms with Gasteiger partial charge in [-0.15, -0.1) is 0 Å². The summed E-state index contributed by atoms with van der Waals surface area (Å²) in [5.41, 5.74) is 0.0849. The quantitative estimate of drug-likeness (QED) is 0.531. The molecule has 2 rings (SSSR count). The largest absolute Gasteiger partial charge is 0.394 e. The number of benzene rings is 1. The van der Waals surface area contributed by atoms with Gasteiger partial charge in [0.2, 0.25) is 0 Å². The van der Waals surface area contributed by atoms with Gasteiger partial charge < -0.3 is 20.1 Å². The molecular weight excluding hydrogens is 385 g/mol. The lowest BCUT2D eigenvalue weighted by molar-refractivity contribution is -0.0234. The first kappa shape index (κ1) is 16.0. The van der Waals surface area contributed by atoms with E-state index in [0.717, 1.165) is 0 Å². The number of hydrogen-bond donors (Lipinski definition) is 3. The van der Waals surface area contributed by atoms with E-state index in [-0.39, 0.29) is 28.6 Å². The van der Waals surface area contributed by atoms with Crippen molar-refractivity contribution in [2.45, 2.75) is 30.8 Å². The number of aliphatic hydroxyl groups is 3. The third-order valence-electron chi connectivity index (χ3n) is 3.37. The van der Waals surface area contributed by atoms with E-state index in [1.165, 1.54) is 6.07 Å². The number of ether oxygens (including phenoxy) is 1. The van der Waals surface area contributed by atoms with E-state index in [4.69, 9.17) is 9.84 Å². The second kappa shape index (κ2) is 6.61. The van der Waals surface area contributed by atoms with Gasteiger partial charge >= 0.3 is 0 Å². The molecule has 3 N–H and O–H groups in total. The summed E-state index contributed by atoms with van der Waals surface area (Å²) in [4.78, 5) is 0. The van der Waals surface area contributed by atoms with Crippen LogP contribution < -0.4 is 0 Å². The van der Waals surface area contributed by atoms with E-state index in [9.17, 15) is 19.0 Å². The van der Waals surface area contributed by atoms with Crippen molar-refractivity contribution < 1.29 is 28.8 Å². The van der Waals surface area contributed by atoms with Gasteiger partial charge in [-0.2, -0.15) is 0 Å². The molecule has 0 aromatic heterocycles. The zero-order valence-corrected chi connectivity index (χ0v) is 12.6. The van der Waals surface area contributed by atoms with Crippen LogP contribution >= 0.6 is 22.6 Å². The zero-order valence-electron chi connectivity index (χ0n) is 10.5. The molecule has 112 valence electrons. The fraction of sp³-hybridized carbons (Fsp3) is 0.538. The van der Waals surface area contributed by atoms with Crippen molar-refractivity contribution in [2.75, 3.05) is 11.0 Å². The summed E-state index contributed by atoms with van der Waals surface area (Å²) in [5.74, 6) is -1.60. The fourth-order valence-corrected chi connectivity index (χ4v) is 2.74. The van der Waals surface area contributed by atoms with Gasteiger partial charge in [-0.3, -0.25) is 0 Å². The van der Waals surface area contributed by atoms with E-state index in [0.29, 0.717) is 6.07 Å². The van der Waals surface area contributed by atoms with Gasteiger partial charge in [-0.1, -0.05) is 22.6 Å². The molecule has 1 unspecified atom stereocenters. The molecule has 0 spiro atoms. The predicted octanol–water partition coefficient (Wildman–Crippen LogP) is 1.62. The Kier molecular flexibility index (Phi) is 5.30. The van der Waals surface area contributed by atoms with Crippen LogP contribution in [0.3, 0.4) is 0 Å². The molecule has 1 aliphatic rings. The first-order valence-corrected chi connectivity index (χ1v) is 7.67. The third kappa shape index (κ3) is 3.11. The van der Waals surface area contributed by atoms with E-state index in [1.807, 2.05) is 22.6 Å². The Bertz CT molecular complexity index is 486. The van der Waals surface area contributed by atoms with Crippen LogP contribution in [0.4, 0.5) is 8.78 Å². The predicted molar refractivity (Wildman–Crippen MR) is 75.5 cm³/mol. The average Bonchev–Trinajstić information content (AvgIpc) is 2.79. The van der Waals surface area contributed by atoms with Crippen LogP contribution in [-0.4, -0.2) is 38.6 Å².